The summed E-state index contributed by atoms with van der Waals surface area (Å²) < 4.78 is 6.82. The topological polar surface area (TPSA) is 92.5 Å². The summed E-state index contributed by atoms with van der Waals surface area (Å²) >= 11 is 0. The number of carbonyl (C=O) groups excluding carboxylic acids is 1. The number of carbonyl (C=O) groups is 1. The van der Waals surface area contributed by atoms with Gasteiger partial charge in [0, 0.05) is 45.0 Å². The van der Waals surface area contributed by atoms with Crippen molar-refractivity contribution < 1.29 is 9.53 Å². The smallest absolute Gasteiger partial charge is 0.227 e. The van der Waals surface area contributed by atoms with Gasteiger partial charge in [-0.15, -0.1) is 10.2 Å². The van der Waals surface area contributed by atoms with Gasteiger partial charge in [0.05, 0.1) is 13.0 Å². The van der Waals surface area contributed by atoms with Crippen LogP contribution in [0.1, 0.15) is 12.8 Å². The Morgan fingerprint density at radius 3 is 2.36 bits per heavy atom. The maximum absolute atomic E-state index is 13.3. The third-order valence-corrected chi connectivity index (χ3v) is 6.41. The van der Waals surface area contributed by atoms with E-state index < -0.39 is 0 Å². The average Bonchev–Trinajstić information content (AvgIpc) is 3.44. The summed E-state index contributed by atoms with van der Waals surface area (Å²) in [6, 6.07) is 11.9. The summed E-state index contributed by atoms with van der Waals surface area (Å²) in [7, 11) is 1.67. The van der Waals surface area contributed by atoms with Crippen LogP contribution in [0.3, 0.4) is 0 Å². The molecule has 3 aromatic rings. The van der Waals surface area contributed by atoms with Crippen molar-refractivity contribution in [2.75, 3.05) is 56.2 Å². The van der Waals surface area contributed by atoms with Gasteiger partial charge in [0.1, 0.15) is 18.4 Å². The van der Waals surface area contributed by atoms with E-state index >= 15 is 0 Å². The number of methoxy groups -OCH3 is 1. The van der Waals surface area contributed by atoms with Gasteiger partial charge >= 0.3 is 0 Å². The first-order chi connectivity index (χ1) is 16.2. The number of aromatic nitrogens is 5. The summed E-state index contributed by atoms with van der Waals surface area (Å²) in [5.41, 5.74) is 1.17. The normalized spacial score (nSPS) is 18.9. The molecule has 10 nitrogen and oxygen atoms in total. The molecule has 0 saturated carbocycles. The van der Waals surface area contributed by atoms with Crippen molar-refractivity contribution in [2.45, 2.75) is 12.8 Å². The van der Waals surface area contributed by atoms with Crippen molar-refractivity contribution in [3.8, 4) is 11.6 Å². The zero-order chi connectivity index (χ0) is 22.6. The maximum Gasteiger partial charge on any atom is 0.227 e. The molecule has 5 rings (SSSR count). The van der Waals surface area contributed by atoms with Crippen molar-refractivity contribution in [1.29, 1.82) is 0 Å². The Morgan fingerprint density at radius 2 is 1.70 bits per heavy atom. The molecule has 0 aliphatic carbocycles. The molecule has 2 aliphatic heterocycles. The van der Waals surface area contributed by atoms with Gasteiger partial charge in [0.2, 0.25) is 5.91 Å². The minimum Gasteiger partial charge on any atom is -0.497 e. The van der Waals surface area contributed by atoms with Gasteiger partial charge in [0.15, 0.2) is 11.6 Å². The number of hydrogen-bond acceptors (Lipinski definition) is 8. The predicted octanol–water partition coefficient (Wildman–Crippen LogP) is 1.63. The number of hydrogen-bond donors (Lipinski definition) is 0. The lowest BCUT2D eigenvalue weighted by Gasteiger charge is -2.40. The van der Waals surface area contributed by atoms with Gasteiger partial charge in [-0.1, -0.05) is 0 Å². The van der Waals surface area contributed by atoms with Crippen LogP contribution in [0.15, 0.2) is 49.1 Å². The number of piperazine rings is 1. The standard InChI is InChI=1S/C23H28N8O2/c1-33-20-6-4-19(5-7-20)28-11-13-29(14-12-28)23(32)18-3-2-10-30(15-18)21-8-9-22(27-26-21)31-17-24-16-25-31/h4-9,16-18H,2-3,10-15H2,1H3/t18-/m0/s1. The molecule has 2 aromatic heterocycles. The lowest BCUT2D eigenvalue weighted by atomic mass is 9.96. The van der Waals surface area contributed by atoms with Crippen LogP contribution in [-0.2, 0) is 4.79 Å². The molecule has 2 aliphatic rings. The summed E-state index contributed by atoms with van der Waals surface area (Å²) in [6.07, 6.45) is 4.94. The first kappa shape index (κ1) is 21.2. The van der Waals surface area contributed by atoms with Crippen LogP contribution in [0.2, 0.25) is 0 Å². The largest absolute Gasteiger partial charge is 0.497 e. The molecular formula is C23H28N8O2. The summed E-state index contributed by atoms with van der Waals surface area (Å²) in [4.78, 5) is 23.7. The number of nitrogens with zero attached hydrogens (tertiary/aromatic N) is 8. The van der Waals surface area contributed by atoms with Crippen LogP contribution in [0.5, 0.6) is 5.75 Å². The highest BCUT2D eigenvalue weighted by molar-refractivity contribution is 5.80. The van der Waals surface area contributed by atoms with E-state index in [0.29, 0.717) is 12.4 Å². The second kappa shape index (κ2) is 9.43. The fourth-order valence-corrected chi connectivity index (χ4v) is 4.56. The predicted molar refractivity (Wildman–Crippen MR) is 124 cm³/mol. The van der Waals surface area contributed by atoms with Crippen molar-refractivity contribution in [3.05, 3.63) is 49.1 Å². The minimum absolute atomic E-state index is 0.0110. The Kier molecular flexibility index (Phi) is 6.05. The zero-order valence-electron chi connectivity index (χ0n) is 18.7. The number of rotatable bonds is 5. The zero-order valence-corrected chi connectivity index (χ0v) is 18.7. The van der Waals surface area contributed by atoms with Crippen molar-refractivity contribution >= 4 is 17.4 Å². The van der Waals surface area contributed by atoms with E-state index in [1.165, 1.54) is 12.0 Å². The number of amides is 1. The Hall–Kier alpha value is -3.69. The maximum atomic E-state index is 13.3. The van der Waals surface area contributed by atoms with Crippen LogP contribution in [0.25, 0.3) is 5.82 Å². The van der Waals surface area contributed by atoms with E-state index in [1.54, 1.807) is 18.1 Å². The molecule has 0 unspecified atom stereocenters. The quantitative estimate of drug-likeness (QED) is 0.582. The lowest BCUT2D eigenvalue weighted by Crippen LogP contribution is -2.52. The van der Waals surface area contributed by atoms with Gasteiger partial charge in [-0.2, -0.15) is 5.10 Å². The van der Waals surface area contributed by atoms with Gasteiger partial charge < -0.3 is 19.4 Å². The average molecular weight is 449 g/mol. The molecule has 2 fully saturated rings. The van der Waals surface area contributed by atoms with Crippen molar-refractivity contribution in [1.82, 2.24) is 29.9 Å². The molecule has 1 atom stereocenters. The summed E-state index contributed by atoms with van der Waals surface area (Å²) in [6.45, 7) is 4.72. The molecule has 0 bridgehead atoms. The third kappa shape index (κ3) is 4.59. The summed E-state index contributed by atoms with van der Waals surface area (Å²) in [5, 5.41) is 12.7. The highest BCUT2D eigenvalue weighted by Crippen LogP contribution is 2.25. The van der Waals surface area contributed by atoms with E-state index in [1.807, 2.05) is 29.2 Å². The fraction of sp³-hybridized carbons (Fsp3) is 0.435. The van der Waals surface area contributed by atoms with E-state index in [9.17, 15) is 4.79 Å². The Bertz CT molecular complexity index is 1050. The molecule has 0 radical (unpaired) electrons. The van der Waals surface area contributed by atoms with Gasteiger partial charge in [-0.3, -0.25) is 4.79 Å². The van der Waals surface area contributed by atoms with Crippen LogP contribution in [0.4, 0.5) is 11.5 Å². The van der Waals surface area contributed by atoms with Crippen molar-refractivity contribution in [2.24, 2.45) is 5.92 Å². The number of piperidine rings is 1. The van der Waals surface area contributed by atoms with Crippen LogP contribution >= 0.6 is 0 Å². The number of benzene rings is 1. The molecular weight excluding hydrogens is 420 g/mol. The molecule has 33 heavy (non-hydrogen) atoms. The first-order valence-electron chi connectivity index (χ1n) is 11.3. The van der Waals surface area contributed by atoms with Crippen molar-refractivity contribution in [3.63, 3.8) is 0 Å². The van der Waals surface area contributed by atoms with Crippen LogP contribution in [-0.4, -0.2) is 82.1 Å². The highest BCUT2D eigenvalue weighted by Gasteiger charge is 2.31. The molecule has 10 heteroatoms. The fourth-order valence-electron chi connectivity index (χ4n) is 4.56. The van der Waals surface area contributed by atoms with E-state index in [4.69, 9.17) is 4.74 Å². The molecule has 2 saturated heterocycles. The van der Waals surface area contributed by atoms with E-state index in [2.05, 4.69) is 42.2 Å². The molecule has 172 valence electrons. The lowest BCUT2D eigenvalue weighted by molar-refractivity contribution is -0.136. The Balaban J connectivity index is 1.17. The SMILES string of the molecule is COc1ccc(N2CCN(C(=O)[C@H]3CCCN(c4ccc(-n5cncn5)nn4)C3)CC2)cc1. The first-order valence-corrected chi connectivity index (χ1v) is 11.3. The van der Waals surface area contributed by atoms with E-state index in [0.717, 1.165) is 57.1 Å². The van der Waals surface area contributed by atoms with Gasteiger partial charge in [-0.25, -0.2) is 9.67 Å². The molecule has 1 aromatic carbocycles. The molecule has 0 spiro atoms. The third-order valence-electron chi connectivity index (χ3n) is 6.41. The Morgan fingerprint density at radius 1 is 0.939 bits per heavy atom. The number of anilines is 2. The molecule has 4 heterocycles. The van der Waals surface area contributed by atoms with Gasteiger partial charge in [0.25, 0.3) is 0 Å². The molecule has 1 amide bonds. The Labute approximate surface area is 192 Å². The van der Waals surface area contributed by atoms with E-state index in [-0.39, 0.29) is 11.8 Å². The van der Waals surface area contributed by atoms with Crippen LogP contribution < -0.4 is 14.5 Å². The second-order valence-electron chi connectivity index (χ2n) is 8.39. The number of ether oxygens (including phenoxy) is 1. The van der Waals surface area contributed by atoms with Crippen LogP contribution in [0, 0.1) is 5.92 Å². The highest BCUT2D eigenvalue weighted by atomic mass is 16.5. The summed E-state index contributed by atoms with van der Waals surface area (Å²) in [5.74, 6) is 2.51. The monoisotopic (exact) mass is 448 g/mol. The van der Waals surface area contributed by atoms with Gasteiger partial charge in [-0.05, 0) is 49.2 Å². The second-order valence-corrected chi connectivity index (χ2v) is 8.39. The minimum atomic E-state index is -0.0110. The molecule has 0 N–H and O–H groups in total.